The fourth-order valence-corrected chi connectivity index (χ4v) is 8.61. The third kappa shape index (κ3) is 9.43. The van der Waals surface area contributed by atoms with Crippen molar-refractivity contribution < 1.29 is 30.5 Å². The van der Waals surface area contributed by atoms with Gasteiger partial charge in [-0.15, -0.1) is 34.8 Å². The summed E-state index contributed by atoms with van der Waals surface area (Å²) in [5.41, 5.74) is 12.7. The first-order valence-corrected chi connectivity index (χ1v) is 23.1. The number of benzene rings is 6. The first-order valence-electron chi connectivity index (χ1n) is 23.1. The van der Waals surface area contributed by atoms with E-state index in [1.807, 2.05) is 39.7 Å². The Labute approximate surface area is 412 Å². The van der Waals surface area contributed by atoms with Crippen LogP contribution in [0.2, 0.25) is 0 Å². The number of aromatic nitrogens is 5. The molecule has 0 N–H and O–H groups in total. The molecule has 3 aromatic heterocycles. The van der Waals surface area contributed by atoms with Crippen LogP contribution in [0.5, 0.6) is 11.5 Å². The molecule has 0 aliphatic carbocycles. The number of pyridine rings is 1. The van der Waals surface area contributed by atoms with E-state index >= 15 is 0 Å². The quantitative estimate of drug-likeness (QED) is 0.118. The van der Waals surface area contributed by atoms with Crippen LogP contribution < -0.4 is 9.42 Å². The zero-order chi connectivity index (χ0) is 46.9. The van der Waals surface area contributed by atoms with Crippen molar-refractivity contribution >= 4 is 21.8 Å². The van der Waals surface area contributed by atoms with Crippen molar-refractivity contribution in [2.75, 3.05) is 0 Å². The SMILES string of the molecule is Cc1cccc(-c2ccccc2)c1-c1n[n+](-c2cc(C(C)(C)C)cc(C(C)(C)C)c2)[c-]n1-c1[c-]c(Oc2[c-]c3c(cc2)c2cc(C(C)(C)C)ccc2n3-c2cc(C(C)(C)C)ccn2)ccc1.[Pt]. The summed E-state index contributed by atoms with van der Waals surface area (Å²) in [5.74, 6) is 2.71. The molecule has 9 rings (SSSR count). The van der Waals surface area contributed by atoms with Gasteiger partial charge in [-0.2, -0.15) is 22.9 Å². The molecular formula is C60H61N5OPt-2. The van der Waals surface area contributed by atoms with Crippen molar-refractivity contribution in [1.29, 1.82) is 0 Å². The standard InChI is InChI=1S/C60H61N5O.Pt/c1-39-19-17-24-49(40-20-15-14-16-21-40)55(39)56-62-64(46-32-43(59(8,9)10)31-44(33-46)60(11,12)13)38-63(56)45-22-18-23-47(36-45)66-48-26-27-50-51-34-41(57(2,3)4)25-28-52(51)65(53(50)37-48)54-35-42(29-30-61-54)58(5,6)7;/h14-35H,1-13H3;/q-2;. The smallest absolute Gasteiger partial charge is 0.272 e. The van der Waals surface area contributed by atoms with Gasteiger partial charge in [-0.1, -0.05) is 173 Å². The minimum atomic E-state index is -0.0748. The molecule has 0 unspecified atom stereocenters. The molecule has 0 aliphatic heterocycles. The van der Waals surface area contributed by atoms with Crippen LogP contribution >= 0.6 is 0 Å². The van der Waals surface area contributed by atoms with E-state index < -0.39 is 0 Å². The monoisotopic (exact) mass is 1060 g/mol. The summed E-state index contributed by atoms with van der Waals surface area (Å²) in [4.78, 5) is 4.93. The van der Waals surface area contributed by atoms with Crippen LogP contribution in [0.15, 0.2) is 134 Å². The van der Waals surface area contributed by atoms with Crippen molar-refractivity contribution in [2.45, 2.75) is 112 Å². The normalized spacial score (nSPS) is 12.4. The predicted octanol–water partition coefficient (Wildman–Crippen LogP) is 14.7. The number of nitrogens with zero attached hydrogens (tertiary/aromatic N) is 5. The van der Waals surface area contributed by atoms with Gasteiger partial charge in [-0.05, 0) is 91.1 Å². The fourth-order valence-electron chi connectivity index (χ4n) is 8.61. The van der Waals surface area contributed by atoms with E-state index in [4.69, 9.17) is 14.8 Å². The molecule has 0 aliphatic rings. The summed E-state index contributed by atoms with van der Waals surface area (Å²) in [6.45, 7) is 29.2. The van der Waals surface area contributed by atoms with Gasteiger partial charge in [0.05, 0.1) is 5.69 Å². The van der Waals surface area contributed by atoms with E-state index in [2.05, 4.69) is 216 Å². The molecule has 7 heteroatoms. The maximum absolute atomic E-state index is 6.75. The topological polar surface area (TPSA) is 48.8 Å². The van der Waals surface area contributed by atoms with Crippen LogP contribution in [0.3, 0.4) is 0 Å². The molecule has 0 saturated heterocycles. The van der Waals surface area contributed by atoms with Gasteiger partial charge in [0, 0.05) is 49.8 Å². The number of aryl methyl sites for hydroxylation is 1. The Kier molecular flexibility index (Phi) is 12.4. The molecule has 9 aromatic rings. The van der Waals surface area contributed by atoms with E-state index in [-0.39, 0.29) is 42.7 Å². The van der Waals surface area contributed by atoms with E-state index in [0.717, 1.165) is 67.1 Å². The molecule has 0 saturated carbocycles. The summed E-state index contributed by atoms with van der Waals surface area (Å²) in [7, 11) is 0. The summed E-state index contributed by atoms with van der Waals surface area (Å²) in [6.07, 6.45) is 5.59. The Morgan fingerprint density at radius 3 is 1.88 bits per heavy atom. The molecule has 0 atom stereocenters. The van der Waals surface area contributed by atoms with Crippen LogP contribution in [0, 0.1) is 25.4 Å². The summed E-state index contributed by atoms with van der Waals surface area (Å²) in [5, 5.41) is 7.66. The molecule has 67 heavy (non-hydrogen) atoms. The van der Waals surface area contributed by atoms with Gasteiger partial charge in [0.25, 0.3) is 6.33 Å². The van der Waals surface area contributed by atoms with Crippen molar-refractivity contribution in [2.24, 2.45) is 0 Å². The molecule has 6 nitrogen and oxygen atoms in total. The van der Waals surface area contributed by atoms with Crippen molar-refractivity contribution in [3.05, 3.63) is 180 Å². The van der Waals surface area contributed by atoms with Crippen LogP contribution in [0.4, 0.5) is 0 Å². The van der Waals surface area contributed by atoms with E-state index in [0.29, 0.717) is 11.5 Å². The Morgan fingerprint density at radius 1 is 0.567 bits per heavy atom. The third-order valence-corrected chi connectivity index (χ3v) is 12.6. The van der Waals surface area contributed by atoms with Gasteiger partial charge in [-0.3, -0.25) is 0 Å². The molecule has 0 amide bonds. The van der Waals surface area contributed by atoms with E-state index in [1.165, 1.54) is 22.3 Å². The summed E-state index contributed by atoms with van der Waals surface area (Å²) in [6, 6.07) is 52.3. The van der Waals surface area contributed by atoms with Gasteiger partial charge in [0.1, 0.15) is 5.82 Å². The Bertz CT molecular complexity index is 3240. The molecular weight excluding hydrogens is 1000 g/mol. The second kappa shape index (κ2) is 17.5. The predicted molar refractivity (Wildman–Crippen MR) is 271 cm³/mol. The molecule has 0 bridgehead atoms. The average Bonchev–Trinajstić information content (AvgIpc) is 3.85. The van der Waals surface area contributed by atoms with Gasteiger partial charge in [0.15, 0.2) is 5.82 Å². The minimum Gasteiger partial charge on any atom is -0.510 e. The Morgan fingerprint density at radius 2 is 1.21 bits per heavy atom. The van der Waals surface area contributed by atoms with E-state index in [9.17, 15) is 0 Å². The second-order valence-electron chi connectivity index (χ2n) is 21.9. The van der Waals surface area contributed by atoms with Crippen LogP contribution in [0.1, 0.15) is 111 Å². The van der Waals surface area contributed by atoms with Crippen molar-refractivity contribution in [3.8, 4) is 51.2 Å². The number of ether oxygens (including phenoxy) is 1. The number of rotatable bonds is 7. The zero-order valence-electron chi connectivity index (χ0n) is 41.2. The molecule has 6 aromatic carbocycles. The zero-order valence-corrected chi connectivity index (χ0v) is 43.4. The van der Waals surface area contributed by atoms with Gasteiger partial charge in [-0.25, -0.2) is 4.98 Å². The van der Waals surface area contributed by atoms with Gasteiger partial charge in [0.2, 0.25) is 0 Å². The number of hydrogen-bond acceptors (Lipinski definition) is 3. The van der Waals surface area contributed by atoms with Gasteiger partial charge >= 0.3 is 0 Å². The van der Waals surface area contributed by atoms with E-state index in [1.54, 1.807) is 0 Å². The minimum absolute atomic E-state index is 0. The fraction of sp³-hybridized carbons (Fsp3) is 0.283. The average molecular weight is 1060 g/mol. The molecule has 3 heterocycles. The molecule has 0 fully saturated rings. The van der Waals surface area contributed by atoms with Crippen molar-refractivity contribution in [1.82, 2.24) is 19.2 Å². The number of fused-ring (bicyclic) bond motifs is 3. The molecule has 0 radical (unpaired) electrons. The Balaban J connectivity index is 0.00000608. The van der Waals surface area contributed by atoms with Crippen molar-refractivity contribution in [3.63, 3.8) is 0 Å². The first kappa shape index (κ1) is 47.4. The summed E-state index contributed by atoms with van der Waals surface area (Å²) < 4.78 is 12.9. The first-order chi connectivity index (χ1) is 31.1. The maximum atomic E-state index is 6.75. The van der Waals surface area contributed by atoms with Gasteiger partial charge < -0.3 is 13.9 Å². The van der Waals surface area contributed by atoms with Crippen LogP contribution in [0.25, 0.3) is 61.5 Å². The second-order valence-corrected chi connectivity index (χ2v) is 21.9. The Hall–Kier alpha value is -6.10. The molecule has 344 valence electrons. The van der Waals surface area contributed by atoms with Crippen LogP contribution in [-0.4, -0.2) is 19.2 Å². The number of hydrogen-bond donors (Lipinski definition) is 0. The maximum Gasteiger partial charge on any atom is 0.272 e. The molecule has 0 spiro atoms. The summed E-state index contributed by atoms with van der Waals surface area (Å²) >= 11 is 0. The largest absolute Gasteiger partial charge is 0.510 e. The third-order valence-electron chi connectivity index (χ3n) is 12.6. The van der Waals surface area contributed by atoms with Crippen LogP contribution in [-0.2, 0) is 42.7 Å².